The Hall–Kier alpha value is -3.07. The molecule has 0 unspecified atom stereocenters. The fourth-order valence-corrected chi connectivity index (χ4v) is 2.48. The number of hydrogen-bond donors (Lipinski definition) is 3. The van der Waals surface area contributed by atoms with Crippen molar-refractivity contribution < 1.29 is 23.9 Å². The highest BCUT2D eigenvalue weighted by atomic mass is 79.9. The van der Waals surface area contributed by atoms with Crippen LogP contribution in [0.4, 0.5) is 0 Å². The van der Waals surface area contributed by atoms with Gasteiger partial charge in [0.15, 0.2) is 18.1 Å². The molecule has 0 saturated carbocycles. The van der Waals surface area contributed by atoms with E-state index in [0.717, 1.165) is 4.47 Å². The summed E-state index contributed by atoms with van der Waals surface area (Å²) in [5.74, 6) is -0.275. The van der Waals surface area contributed by atoms with Gasteiger partial charge in [-0.15, -0.1) is 0 Å². The summed E-state index contributed by atoms with van der Waals surface area (Å²) < 4.78 is 11.7. The average molecular weight is 464 g/mol. The Bertz CT molecular complexity index is 842. The number of carbonyl (C=O) groups excluding carboxylic acids is 3. The van der Waals surface area contributed by atoms with E-state index in [2.05, 4.69) is 32.1 Å². The van der Waals surface area contributed by atoms with Gasteiger partial charge in [-0.1, -0.05) is 28.1 Å². The van der Waals surface area contributed by atoms with Gasteiger partial charge in [0.1, 0.15) is 0 Å². The molecule has 9 heteroatoms. The molecule has 0 aliphatic heterocycles. The van der Waals surface area contributed by atoms with Crippen LogP contribution in [0.5, 0.6) is 11.5 Å². The van der Waals surface area contributed by atoms with Gasteiger partial charge in [0.2, 0.25) is 5.91 Å². The molecule has 29 heavy (non-hydrogen) atoms. The van der Waals surface area contributed by atoms with Crippen LogP contribution in [-0.4, -0.2) is 37.5 Å². The molecule has 3 amide bonds. The molecular formula is C20H22BrN3O5. The lowest BCUT2D eigenvalue weighted by Gasteiger charge is -2.12. The molecule has 0 aromatic heterocycles. The van der Waals surface area contributed by atoms with Crippen molar-refractivity contribution >= 4 is 33.7 Å². The number of halogens is 1. The largest absolute Gasteiger partial charge is 0.490 e. The molecule has 154 valence electrons. The number of para-hydroxylation sites is 2. The molecule has 0 fully saturated rings. The van der Waals surface area contributed by atoms with E-state index >= 15 is 0 Å². The van der Waals surface area contributed by atoms with Crippen LogP contribution in [0.3, 0.4) is 0 Å². The molecule has 2 rings (SSSR count). The van der Waals surface area contributed by atoms with Crippen molar-refractivity contribution in [2.45, 2.75) is 13.3 Å². The van der Waals surface area contributed by atoms with Crippen molar-refractivity contribution in [3.63, 3.8) is 0 Å². The Morgan fingerprint density at radius 2 is 1.52 bits per heavy atom. The normalized spacial score (nSPS) is 10.0. The fourth-order valence-electron chi connectivity index (χ4n) is 2.22. The smallest absolute Gasteiger partial charge is 0.276 e. The quantitative estimate of drug-likeness (QED) is 0.494. The van der Waals surface area contributed by atoms with E-state index in [9.17, 15) is 14.4 Å². The number of rotatable bonds is 9. The molecule has 0 spiro atoms. The van der Waals surface area contributed by atoms with Crippen LogP contribution >= 0.6 is 15.9 Å². The van der Waals surface area contributed by atoms with Gasteiger partial charge in [-0.3, -0.25) is 25.2 Å². The van der Waals surface area contributed by atoms with Gasteiger partial charge in [-0.05, 0) is 43.3 Å². The summed E-state index contributed by atoms with van der Waals surface area (Å²) in [6.45, 7) is 2.17. The number of hydrogen-bond acceptors (Lipinski definition) is 5. The van der Waals surface area contributed by atoms with Gasteiger partial charge in [0.25, 0.3) is 11.8 Å². The third-order valence-corrected chi connectivity index (χ3v) is 4.12. The maximum atomic E-state index is 11.9. The summed E-state index contributed by atoms with van der Waals surface area (Å²) >= 11 is 3.30. The molecule has 0 aliphatic rings. The van der Waals surface area contributed by atoms with Gasteiger partial charge in [0.05, 0.1) is 6.61 Å². The second-order valence-electron chi connectivity index (χ2n) is 5.78. The predicted molar refractivity (Wildman–Crippen MR) is 110 cm³/mol. The molecule has 0 saturated heterocycles. The maximum absolute atomic E-state index is 11.9. The van der Waals surface area contributed by atoms with Crippen molar-refractivity contribution in [1.82, 2.24) is 16.2 Å². The highest BCUT2D eigenvalue weighted by molar-refractivity contribution is 9.10. The first-order valence-electron chi connectivity index (χ1n) is 8.95. The van der Waals surface area contributed by atoms with Crippen LogP contribution in [0, 0.1) is 0 Å². The van der Waals surface area contributed by atoms with Crippen molar-refractivity contribution in [2.75, 3.05) is 19.8 Å². The van der Waals surface area contributed by atoms with E-state index in [1.54, 1.807) is 48.5 Å². The summed E-state index contributed by atoms with van der Waals surface area (Å²) in [4.78, 5) is 35.5. The maximum Gasteiger partial charge on any atom is 0.276 e. The topological polar surface area (TPSA) is 106 Å². The first kappa shape index (κ1) is 22.2. The standard InChI is InChI=1S/C20H22BrN3O5/c1-2-28-16-5-3-4-6-17(16)29-13-19(26)24-23-18(25)11-12-22-20(27)14-7-9-15(21)10-8-14/h3-10H,2,11-13H2,1H3,(H,22,27)(H,23,25)(H,24,26). The SMILES string of the molecule is CCOc1ccccc1OCC(=O)NNC(=O)CCNC(=O)c1ccc(Br)cc1. The summed E-state index contributed by atoms with van der Waals surface area (Å²) in [7, 11) is 0. The lowest BCUT2D eigenvalue weighted by Crippen LogP contribution is -2.44. The second kappa shape index (κ2) is 11.7. The Kier molecular flexibility index (Phi) is 8.97. The van der Waals surface area contributed by atoms with Crippen LogP contribution in [0.15, 0.2) is 53.0 Å². The van der Waals surface area contributed by atoms with Gasteiger partial charge < -0.3 is 14.8 Å². The van der Waals surface area contributed by atoms with Crippen LogP contribution in [-0.2, 0) is 9.59 Å². The molecule has 2 aromatic rings. The molecule has 0 aliphatic carbocycles. The van der Waals surface area contributed by atoms with E-state index in [1.165, 1.54) is 0 Å². The minimum Gasteiger partial charge on any atom is -0.490 e. The first-order valence-corrected chi connectivity index (χ1v) is 9.75. The zero-order valence-corrected chi connectivity index (χ0v) is 17.5. The van der Waals surface area contributed by atoms with Crippen molar-refractivity contribution in [3.8, 4) is 11.5 Å². The molecule has 0 atom stereocenters. The lowest BCUT2D eigenvalue weighted by molar-refractivity contribution is -0.130. The Labute approximate surface area is 177 Å². The third kappa shape index (κ3) is 7.82. The molecule has 0 bridgehead atoms. The van der Waals surface area contributed by atoms with Gasteiger partial charge in [-0.2, -0.15) is 0 Å². The van der Waals surface area contributed by atoms with Crippen LogP contribution in [0.2, 0.25) is 0 Å². The van der Waals surface area contributed by atoms with Crippen LogP contribution in [0.25, 0.3) is 0 Å². The van der Waals surface area contributed by atoms with Crippen molar-refractivity contribution in [2.24, 2.45) is 0 Å². The molecule has 8 nitrogen and oxygen atoms in total. The van der Waals surface area contributed by atoms with E-state index in [-0.39, 0.29) is 25.5 Å². The highest BCUT2D eigenvalue weighted by Crippen LogP contribution is 2.26. The Balaban J connectivity index is 1.65. The van der Waals surface area contributed by atoms with E-state index in [0.29, 0.717) is 23.7 Å². The number of carbonyl (C=O) groups is 3. The van der Waals surface area contributed by atoms with E-state index in [1.807, 2.05) is 6.92 Å². The minimum absolute atomic E-state index is 0.0105. The molecular weight excluding hydrogens is 442 g/mol. The molecule has 0 heterocycles. The lowest BCUT2D eigenvalue weighted by atomic mass is 10.2. The third-order valence-electron chi connectivity index (χ3n) is 3.59. The van der Waals surface area contributed by atoms with Gasteiger partial charge >= 0.3 is 0 Å². The number of benzene rings is 2. The minimum atomic E-state index is -0.524. The van der Waals surface area contributed by atoms with Crippen LogP contribution < -0.4 is 25.6 Å². The number of amides is 3. The Morgan fingerprint density at radius 3 is 2.17 bits per heavy atom. The number of hydrazine groups is 1. The predicted octanol–water partition coefficient (Wildman–Crippen LogP) is 2.19. The van der Waals surface area contributed by atoms with Crippen molar-refractivity contribution in [1.29, 1.82) is 0 Å². The van der Waals surface area contributed by atoms with Gasteiger partial charge in [-0.25, -0.2) is 0 Å². The zero-order valence-electron chi connectivity index (χ0n) is 15.9. The average Bonchev–Trinajstić information content (AvgIpc) is 2.72. The van der Waals surface area contributed by atoms with E-state index < -0.39 is 11.8 Å². The summed E-state index contributed by atoms with van der Waals surface area (Å²) in [5.41, 5.74) is 5.02. The number of nitrogens with one attached hydrogen (secondary N) is 3. The summed E-state index contributed by atoms with van der Waals surface area (Å²) in [5, 5.41) is 2.64. The van der Waals surface area contributed by atoms with Crippen LogP contribution in [0.1, 0.15) is 23.7 Å². The first-order chi connectivity index (χ1) is 14.0. The monoisotopic (exact) mass is 463 g/mol. The summed E-state index contributed by atoms with van der Waals surface area (Å²) in [6, 6.07) is 13.8. The fraction of sp³-hybridized carbons (Fsp3) is 0.250. The second-order valence-corrected chi connectivity index (χ2v) is 6.69. The molecule has 0 radical (unpaired) electrons. The van der Waals surface area contributed by atoms with Gasteiger partial charge in [0, 0.05) is 23.0 Å². The molecule has 2 aromatic carbocycles. The highest BCUT2D eigenvalue weighted by Gasteiger charge is 2.10. The Morgan fingerprint density at radius 1 is 0.897 bits per heavy atom. The van der Waals surface area contributed by atoms with Crippen molar-refractivity contribution in [3.05, 3.63) is 58.6 Å². The number of ether oxygens (including phenoxy) is 2. The zero-order chi connectivity index (χ0) is 21.1. The summed E-state index contributed by atoms with van der Waals surface area (Å²) in [6.07, 6.45) is 0.0105. The van der Waals surface area contributed by atoms with E-state index in [4.69, 9.17) is 9.47 Å². The molecule has 3 N–H and O–H groups in total.